The van der Waals surface area contributed by atoms with Crippen molar-refractivity contribution in [3.05, 3.63) is 35.4 Å². The zero-order chi connectivity index (χ0) is 11.7. The quantitative estimate of drug-likeness (QED) is 0.858. The van der Waals surface area contributed by atoms with Gasteiger partial charge in [-0.2, -0.15) is 0 Å². The van der Waals surface area contributed by atoms with Crippen molar-refractivity contribution in [3.63, 3.8) is 0 Å². The Morgan fingerprint density at radius 2 is 2.00 bits per heavy atom. The predicted octanol–water partition coefficient (Wildman–Crippen LogP) is 1.50. The van der Waals surface area contributed by atoms with E-state index in [2.05, 4.69) is 23.1 Å². The fourth-order valence-corrected chi connectivity index (χ4v) is 2.38. The van der Waals surface area contributed by atoms with Crippen LogP contribution in [0.5, 0.6) is 0 Å². The average molecular weight is 233 g/mol. The molecule has 1 aromatic rings. The van der Waals surface area contributed by atoms with E-state index in [9.17, 15) is 5.11 Å². The smallest absolute Gasteiger partial charge is 0.0899 e. The molecule has 3 nitrogen and oxygen atoms in total. The summed E-state index contributed by atoms with van der Waals surface area (Å²) in [5, 5.41) is 10.1. The highest BCUT2D eigenvalue weighted by atomic mass is 16.5. The zero-order valence-corrected chi connectivity index (χ0v) is 10.1. The minimum absolute atomic E-state index is 0.513. The van der Waals surface area contributed by atoms with Gasteiger partial charge in [0.05, 0.1) is 18.8 Å². The summed E-state index contributed by atoms with van der Waals surface area (Å²) < 4.78 is 5.34. The molecule has 0 spiro atoms. The van der Waals surface area contributed by atoms with Crippen LogP contribution >= 0.6 is 0 Å². The van der Waals surface area contributed by atoms with Gasteiger partial charge < -0.3 is 9.84 Å². The van der Waals surface area contributed by atoms with Crippen LogP contribution in [-0.2, 0) is 16.9 Å². The van der Waals surface area contributed by atoms with Crippen LogP contribution in [0.3, 0.4) is 0 Å². The summed E-state index contributed by atoms with van der Waals surface area (Å²) in [6, 6.07) is 8.39. The standard InChI is InChI=1S/C14H19NO2/c16-14(4-5-14)13-3-1-2-12(10-13)11-15-6-8-17-9-7-15/h1-3,10,16H,4-9,11H2. The Labute approximate surface area is 102 Å². The SMILES string of the molecule is OC1(c2cccc(CN3CCOCC3)c2)CC1. The van der Waals surface area contributed by atoms with Gasteiger partial charge in [0.15, 0.2) is 0 Å². The number of aliphatic hydroxyl groups is 1. The van der Waals surface area contributed by atoms with Crippen LogP contribution in [0.25, 0.3) is 0 Å². The first-order chi connectivity index (χ1) is 8.26. The highest BCUT2D eigenvalue weighted by Gasteiger charge is 2.42. The molecule has 1 aliphatic carbocycles. The molecule has 1 aliphatic heterocycles. The summed E-state index contributed by atoms with van der Waals surface area (Å²) in [4.78, 5) is 2.40. The van der Waals surface area contributed by atoms with Gasteiger partial charge in [0.25, 0.3) is 0 Å². The minimum Gasteiger partial charge on any atom is -0.385 e. The normalized spacial score (nSPS) is 23.6. The van der Waals surface area contributed by atoms with Gasteiger partial charge in [0, 0.05) is 19.6 Å². The maximum Gasteiger partial charge on any atom is 0.0899 e. The van der Waals surface area contributed by atoms with E-state index in [1.165, 1.54) is 5.56 Å². The van der Waals surface area contributed by atoms with Crippen LogP contribution in [0.2, 0.25) is 0 Å². The number of rotatable bonds is 3. The number of hydrogen-bond acceptors (Lipinski definition) is 3. The van der Waals surface area contributed by atoms with E-state index in [0.29, 0.717) is 0 Å². The highest BCUT2D eigenvalue weighted by molar-refractivity contribution is 5.31. The third kappa shape index (κ3) is 2.51. The van der Waals surface area contributed by atoms with E-state index < -0.39 is 5.60 Å². The summed E-state index contributed by atoms with van der Waals surface area (Å²) in [7, 11) is 0. The van der Waals surface area contributed by atoms with Gasteiger partial charge in [-0.3, -0.25) is 4.90 Å². The Morgan fingerprint density at radius 3 is 2.71 bits per heavy atom. The summed E-state index contributed by atoms with van der Waals surface area (Å²) in [5.74, 6) is 0. The Hall–Kier alpha value is -0.900. The molecule has 1 aromatic carbocycles. The van der Waals surface area contributed by atoms with Crippen molar-refractivity contribution in [2.45, 2.75) is 25.0 Å². The van der Waals surface area contributed by atoms with Crippen LogP contribution < -0.4 is 0 Å². The fraction of sp³-hybridized carbons (Fsp3) is 0.571. The van der Waals surface area contributed by atoms with Gasteiger partial charge >= 0.3 is 0 Å². The lowest BCUT2D eigenvalue weighted by molar-refractivity contribution is 0.0341. The molecule has 1 saturated heterocycles. The third-order valence-electron chi connectivity index (χ3n) is 3.70. The van der Waals surface area contributed by atoms with Crippen molar-refractivity contribution in [3.8, 4) is 0 Å². The van der Waals surface area contributed by atoms with Crippen molar-refractivity contribution in [1.29, 1.82) is 0 Å². The molecular formula is C14H19NO2. The molecule has 3 heteroatoms. The number of morpholine rings is 1. The van der Waals surface area contributed by atoms with Crippen molar-refractivity contribution in [2.24, 2.45) is 0 Å². The zero-order valence-electron chi connectivity index (χ0n) is 10.1. The molecule has 0 bridgehead atoms. The molecule has 3 rings (SSSR count). The van der Waals surface area contributed by atoms with Crippen LogP contribution in [0.1, 0.15) is 24.0 Å². The Kier molecular flexibility index (Phi) is 2.90. The van der Waals surface area contributed by atoms with E-state index in [1.54, 1.807) is 0 Å². The topological polar surface area (TPSA) is 32.7 Å². The molecule has 0 radical (unpaired) electrons. The molecule has 0 unspecified atom stereocenters. The van der Waals surface area contributed by atoms with Gasteiger partial charge in [-0.25, -0.2) is 0 Å². The van der Waals surface area contributed by atoms with Crippen molar-refractivity contribution in [1.82, 2.24) is 4.90 Å². The van der Waals surface area contributed by atoms with Gasteiger partial charge in [-0.05, 0) is 24.0 Å². The maximum atomic E-state index is 10.1. The molecule has 1 saturated carbocycles. The van der Waals surface area contributed by atoms with Gasteiger partial charge in [-0.1, -0.05) is 24.3 Å². The molecule has 1 N–H and O–H groups in total. The second-order valence-electron chi connectivity index (χ2n) is 5.12. The molecule has 92 valence electrons. The predicted molar refractivity (Wildman–Crippen MR) is 65.7 cm³/mol. The molecule has 0 atom stereocenters. The monoisotopic (exact) mass is 233 g/mol. The van der Waals surface area contributed by atoms with E-state index >= 15 is 0 Å². The second-order valence-corrected chi connectivity index (χ2v) is 5.12. The summed E-state index contributed by atoms with van der Waals surface area (Å²) in [6.45, 7) is 4.66. The minimum atomic E-state index is -0.513. The average Bonchev–Trinajstić information content (AvgIpc) is 3.11. The van der Waals surface area contributed by atoms with Crippen molar-refractivity contribution >= 4 is 0 Å². The number of ether oxygens (including phenoxy) is 1. The van der Waals surface area contributed by atoms with Crippen LogP contribution in [0.15, 0.2) is 24.3 Å². The van der Waals surface area contributed by atoms with Crippen LogP contribution in [0, 0.1) is 0 Å². The maximum absolute atomic E-state index is 10.1. The molecule has 17 heavy (non-hydrogen) atoms. The summed E-state index contributed by atoms with van der Waals surface area (Å²) in [5.41, 5.74) is 1.87. The Balaban J connectivity index is 1.70. The molecular weight excluding hydrogens is 214 g/mol. The second kappa shape index (κ2) is 4.41. The summed E-state index contributed by atoms with van der Waals surface area (Å²) >= 11 is 0. The molecule has 0 amide bonds. The van der Waals surface area contributed by atoms with E-state index in [4.69, 9.17) is 4.74 Å². The third-order valence-corrected chi connectivity index (χ3v) is 3.70. The molecule has 2 aliphatic rings. The lowest BCUT2D eigenvalue weighted by Crippen LogP contribution is -2.35. The van der Waals surface area contributed by atoms with E-state index in [-0.39, 0.29) is 0 Å². The number of nitrogens with zero attached hydrogens (tertiary/aromatic N) is 1. The number of benzene rings is 1. The first kappa shape index (κ1) is 11.2. The van der Waals surface area contributed by atoms with Crippen LogP contribution in [-0.4, -0.2) is 36.3 Å². The fourth-order valence-electron chi connectivity index (χ4n) is 2.38. The lowest BCUT2D eigenvalue weighted by Gasteiger charge is -2.26. The summed E-state index contributed by atoms with van der Waals surface area (Å²) in [6.07, 6.45) is 1.82. The highest BCUT2D eigenvalue weighted by Crippen LogP contribution is 2.45. The van der Waals surface area contributed by atoms with Crippen LogP contribution in [0.4, 0.5) is 0 Å². The van der Waals surface area contributed by atoms with Gasteiger partial charge in [0.2, 0.25) is 0 Å². The number of hydrogen-bond donors (Lipinski definition) is 1. The largest absolute Gasteiger partial charge is 0.385 e. The van der Waals surface area contributed by atoms with Gasteiger partial charge in [-0.15, -0.1) is 0 Å². The van der Waals surface area contributed by atoms with Gasteiger partial charge in [0.1, 0.15) is 0 Å². The van der Waals surface area contributed by atoms with Crippen molar-refractivity contribution < 1.29 is 9.84 Å². The molecule has 2 fully saturated rings. The van der Waals surface area contributed by atoms with E-state index in [0.717, 1.165) is 51.3 Å². The first-order valence-electron chi connectivity index (χ1n) is 6.38. The Bertz CT molecular complexity index is 395. The van der Waals surface area contributed by atoms with E-state index in [1.807, 2.05) is 6.07 Å². The first-order valence-corrected chi connectivity index (χ1v) is 6.38. The molecule has 0 aromatic heterocycles. The Morgan fingerprint density at radius 1 is 1.24 bits per heavy atom. The van der Waals surface area contributed by atoms with Crippen molar-refractivity contribution in [2.75, 3.05) is 26.3 Å². The lowest BCUT2D eigenvalue weighted by atomic mass is 10.0. The molecule has 1 heterocycles.